The van der Waals surface area contributed by atoms with E-state index >= 15 is 0 Å². The van der Waals surface area contributed by atoms with Crippen LogP contribution in [0.1, 0.15) is 45.1 Å². The minimum Gasteiger partial charge on any atom is -0.481 e. The Kier molecular flexibility index (Phi) is 6.92. The van der Waals surface area contributed by atoms with Gasteiger partial charge in [-0.05, 0) is 24.3 Å². The van der Waals surface area contributed by atoms with Crippen LogP contribution >= 0.6 is 0 Å². The first kappa shape index (κ1) is 17.2. The van der Waals surface area contributed by atoms with Crippen LogP contribution in [0.5, 0.6) is 0 Å². The van der Waals surface area contributed by atoms with Crippen molar-refractivity contribution in [1.29, 1.82) is 0 Å². The lowest BCUT2D eigenvalue weighted by Gasteiger charge is -2.28. The lowest BCUT2D eigenvalue weighted by molar-refractivity contribution is -0.147. The number of amides is 1. The first-order chi connectivity index (χ1) is 10.0. The molecular weight excluding hydrogens is 266 g/mol. The maximum atomic E-state index is 12.4. The van der Waals surface area contributed by atoms with Crippen molar-refractivity contribution in [1.82, 2.24) is 5.32 Å². The van der Waals surface area contributed by atoms with Gasteiger partial charge in [-0.25, -0.2) is 0 Å². The molecule has 3 unspecified atom stereocenters. The minimum atomic E-state index is -0.930. The van der Waals surface area contributed by atoms with Crippen LogP contribution in [0.3, 0.4) is 0 Å². The van der Waals surface area contributed by atoms with Crippen molar-refractivity contribution in [2.75, 3.05) is 6.54 Å². The van der Waals surface area contributed by atoms with Gasteiger partial charge in [0.05, 0.1) is 11.8 Å². The van der Waals surface area contributed by atoms with Crippen molar-refractivity contribution in [3.8, 4) is 0 Å². The number of carboxylic acid groups (broad SMARTS) is 1. The van der Waals surface area contributed by atoms with Crippen molar-refractivity contribution in [3.05, 3.63) is 35.9 Å². The van der Waals surface area contributed by atoms with Gasteiger partial charge < -0.3 is 10.4 Å². The maximum absolute atomic E-state index is 12.4. The zero-order valence-electron chi connectivity index (χ0n) is 13.0. The van der Waals surface area contributed by atoms with Crippen LogP contribution < -0.4 is 5.32 Å². The predicted octanol–water partition coefficient (Wildman–Crippen LogP) is 3.04. The van der Waals surface area contributed by atoms with Crippen LogP contribution in [-0.2, 0) is 9.59 Å². The summed E-state index contributed by atoms with van der Waals surface area (Å²) in [5.74, 6) is -2.45. The van der Waals surface area contributed by atoms with E-state index in [-0.39, 0.29) is 11.8 Å². The number of carboxylic acids is 1. The maximum Gasteiger partial charge on any atom is 0.307 e. The fourth-order valence-corrected chi connectivity index (χ4v) is 2.68. The second-order valence-electron chi connectivity index (χ2n) is 5.37. The molecular formula is C17H25NO3. The molecule has 0 aliphatic carbocycles. The summed E-state index contributed by atoms with van der Waals surface area (Å²) >= 11 is 0. The van der Waals surface area contributed by atoms with Crippen LogP contribution in [0.15, 0.2) is 30.3 Å². The molecule has 2 N–H and O–H groups in total. The Morgan fingerprint density at radius 2 is 1.81 bits per heavy atom. The SMILES string of the molecule is CCCNC(=O)C(C(C)C(=O)O)C(CC)c1ccccc1. The van der Waals surface area contributed by atoms with Crippen molar-refractivity contribution in [2.24, 2.45) is 11.8 Å². The highest BCUT2D eigenvalue weighted by molar-refractivity contribution is 5.85. The molecule has 1 aromatic carbocycles. The van der Waals surface area contributed by atoms with Crippen LogP contribution in [0.4, 0.5) is 0 Å². The zero-order chi connectivity index (χ0) is 15.8. The average molecular weight is 291 g/mol. The number of carbonyl (C=O) groups excluding carboxylic acids is 1. The minimum absolute atomic E-state index is 0.0887. The van der Waals surface area contributed by atoms with Gasteiger partial charge in [0, 0.05) is 6.54 Å². The Bertz CT molecular complexity index is 458. The number of nitrogens with one attached hydrogen (secondary N) is 1. The highest BCUT2D eigenvalue weighted by atomic mass is 16.4. The van der Waals surface area contributed by atoms with E-state index in [1.807, 2.05) is 44.2 Å². The van der Waals surface area contributed by atoms with E-state index in [1.54, 1.807) is 6.92 Å². The van der Waals surface area contributed by atoms with E-state index in [0.717, 1.165) is 18.4 Å². The summed E-state index contributed by atoms with van der Waals surface area (Å²) in [6.45, 7) is 6.16. The number of hydrogen-bond donors (Lipinski definition) is 2. The molecule has 1 rings (SSSR count). The van der Waals surface area contributed by atoms with Crippen molar-refractivity contribution in [3.63, 3.8) is 0 Å². The number of hydrogen-bond acceptors (Lipinski definition) is 2. The Labute approximate surface area is 126 Å². The molecule has 3 atom stereocenters. The number of aliphatic carboxylic acids is 1. The fraction of sp³-hybridized carbons (Fsp3) is 0.529. The number of benzene rings is 1. The first-order valence-corrected chi connectivity index (χ1v) is 7.58. The molecule has 0 radical (unpaired) electrons. The second kappa shape index (κ2) is 8.45. The quantitative estimate of drug-likeness (QED) is 0.773. The topological polar surface area (TPSA) is 66.4 Å². The number of carbonyl (C=O) groups is 2. The molecule has 0 aliphatic heterocycles. The third kappa shape index (κ3) is 4.59. The highest BCUT2D eigenvalue weighted by Crippen LogP contribution is 2.33. The van der Waals surface area contributed by atoms with Gasteiger partial charge in [0.15, 0.2) is 0 Å². The zero-order valence-corrected chi connectivity index (χ0v) is 13.0. The van der Waals surface area contributed by atoms with E-state index in [4.69, 9.17) is 0 Å². The largest absolute Gasteiger partial charge is 0.481 e. The van der Waals surface area contributed by atoms with Gasteiger partial charge in [0.2, 0.25) is 5.91 Å². The first-order valence-electron chi connectivity index (χ1n) is 7.58. The number of rotatable bonds is 8. The van der Waals surface area contributed by atoms with E-state index in [2.05, 4.69) is 5.32 Å². The molecule has 0 aromatic heterocycles. The van der Waals surface area contributed by atoms with Gasteiger partial charge in [0.25, 0.3) is 0 Å². The summed E-state index contributed by atoms with van der Waals surface area (Å²) < 4.78 is 0. The second-order valence-corrected chi connectivity index (χ2v) is 5.37. The van der Waals surface area contributed by atoms with Gasteiger partial charge in [-0.3, -0.25) is 9.59 Å². The Balaban J connectivity index is 3.08. The molecule has 116 valence electrons. The molecule has 0 saturated carbocycles. The summed E-state index contributed by atoms with van der Waals surface area (Å²) in [5.41, 5.74) is 1.02. The molecule has 4 nitrogen and oxygen atoms in total. The molecule has 0 saturated heterocycles. The molecule has 0 bridgehead atoms. The van der Waals surface area contributed by atoms with Crippen LogP contribution in [-0.4, -0.2) is 23.5 Å². The smallest absolute Gasteiger partial charge is 0.307 e. The van der Waals surface area contributed by atoms with Crippen molar-refractivity contribution < 1.29 is 14.7 Å². The molecule has 0 spiro atoms. The third-order valence-electron chi connectivity index (χ3n) is 3.88. The summed E-state index contributed by atoms with van der Waals surface area (Å²) in [4.78, 5) is 23.8. The standard InChI is InChI=1S/C17H25NO3/c1-4-11-18-16(19)15(12(3)17(20)21)14(5-2)13-9-7-6-8-10-13/h6-10,12,14-15H,4-5,11H2,1-3H3,(H,18,19)(H,20,21). The molecule has 0 fully saturated rings. The van der Waals surface area contributed by atoms with Gasteiger partial charge in [-0.1, -0.05) is 51.1 Å². The van der Waals surface area contributed by atoms with Crippen LogP contribution in [0.25, 0.3) is 0 Å². The van der Waals surface area contributed by atoms with Crippen molar-refractivity contribution in [2.45, 2.75) is 39.5 Å². The summed E-state index contributed by atoms with van der Waals surface area (Å²) in [6.07, 6.45) is 1.56. The molecule has 0 aliphatic rings. The Morgan fingerprint density at radius 3 is 2.29 bits per heavy atom. The Hall–Kier alpha value is -1.84. The Morgan fingerprint density at radius 1 is 1.19 bits per heavy atom. The fourth-order valence-electron chi connectivity index (χ4n) is 2.68. The molecule has 1 amide bonds. The van der Waals surface area contributed by atoms with E-state index in [0.29, 0.717) is 6.54 Å². The molecule has 1 aromatic rings. The third-order valence-corrected chi connectivity index (χ3v) is 3.88. The summed E-state index contributed by atoms with van der Waals surface area (Å²) in [7, 11) is 0. The molecule has 4 heteroatoms. The van der Waals surface area contributed by atoms with E-state index in [1.165, 1.54) is 0 Å². The predicted molar refractivity (Wildman–Crippen MR) is 83.1 cm³/mol. The molecule has 21 heavy (non-hydrogen) atoms. The lowest BCUT2D eigenvalue weighted by atomic mass is 9.76. The van der Waals surface area contributed by atoms with Gasteiger partial charge in [-0.15, -0.1) is 0 Å². The van der Waals surface area contributed by atoms with Gasteiger partial charge in [0.1, 0.15) is 0 Å². The average Bonchev–Trinajstić information content (AvgIpc) is 2.50. The highest BCUT2D eigenvalue weighted by Gasteiger charge is 2.36. The van der Waals surface area contributed by atoms with E-state index in [9.17, 15) is 14.7 Å². The van der Waals surface area contributed by atoms with Gasteiger partial charge >= 0.3 is 5.97 Å². The van der Waals surface area contributed by atoms with Crippen molar-refractivity contribution >= 4 is 11.9 Å². The monoisotopic (exact) mass is 291 g/mol. The van der Waals surface area contributed by atoms with Gasteiger partial charge in [-0.2, -0.15) is 0 Å². The molecule has 0 heterocycles. The summed E-state index contributed by atoms with van der Waals surface area (Å²) in [6, 6.07) is 9.68. The summed E-state index contributed by atoms with van der Waals surface area (Å²) in [5, 5.41) is 12.2. The normalized spacial score (nSPS) is 15.0. The van der Waals surface area contributed by atoms with Crippen LogP contribution in [0, 0.1) is 11.8 Å². The van der Waals surface area contributed by atoms with Crippen LogP contribution in [0.2, 0.25) is 0 Å². The lowest BCUT2D eigenvalue weighted by Crippen LogP contribution is -2.40. The van der Waals surface area contributed by atoms with E-state index < -0.39 is 17.8 Å².